The Morgan fingerprint density at radius 1 is 1.22 bits per heavy atom. The molecule has 0 aliphatic rings. The van der Waals surface area contributed by atoms with Crippen LogP contribution in [-0.2, 0) is 6.61 Å². The van der Waals surface area contributed by atoms with Crippen LogP contribution in [-0.4, -0.2) is 20.5 Å². The third kappa shape index (κ3) is 3.37. The second-order valence-corrected chi connectivity index (χ2v) is 5.38. The first-order valence-electron chi connectivity index (χ1n) is 7.10. The van der Waals surface area contributed by atoms with Gasteiger partial charge in [0, 0.05) is 5.56 Å². The zero-order valence-electron chi connectivity index (χ0n) is 12.5. The summed E-state index contributed by atoms with van der Waals surface area (Å²) in [6.45, 7) is 1.80. The molecule has 0 radical (unpaired) electrons. The van der Waals surface area contributed by atoms with Crippen LogP contribution in [0.5, 0.6) is 5.75 Å². The summed E-state index contributed by atoms with van der Waals surface area (Å²) in [5, 5.41) is 6.99. The molecule has 0 aliphatic carbocycles. The number of H-pyrrole nitrogens is 1. The molecule has 1 N–H and O–H groups in total. The number of benzene rings is 2. The van der Waals surface area contributed by atoms with Gasteiger partial charge in [0.15, 0.2) is 16.4 Å². The highest BCUT2D eigenvalue weighted by molar-refractivity contribution is 7.71. The van der Waals surface area contributed by atoms with E-state index in [2.05, 4.69) is 10.2 Å². The van der Waals surface area contributed by atoms with Crippen molar-refractivity contribution >= 4 is 18.0 Å². The van der Waals surface area contributed by atoms with E-state index < -0.39 is 0 Å². The van der Waals surface area contributed by atoms with E-state index in [1.165, 1.54) is 6.92 Å². The number of Topliss-reactive ketones (excluding diaryl/α,β-unsaturated/α-hetero) is 1. The molecule has 5 nitrogen and oxygen atoms in total. The van der Waals surface area contributed by atoms with Gasteiger partial charge in [-0.3, -0.25) is 14.5 Å². The molecule has 3 aromatic rings. The van der Waals surface area contributed by atoms with Gasteiger partial charge in [-0.1, -0.05) is 30.3 Å². The van der Waals surface area contributed by atoms with Gasteiger partial charge in [0.2, 0.25) is 0 Å². The number of rotatable bonds is 5. The number of ketones is 1. The lowest BCUT2D eigenvalue weighted by Gasteiger charge is -2.09. The van der Waals surface area contributed by atoms with E-state index in [0.29, 0.717) is 16.2 Å². The number of aromatic nitrogens is 3. The molecule has 0 saturated carbocycles. The summed E-state index contributed by atoms with van der Waals surface area (Å²) >= 11 is 5.30. The largest absolute Gasteiger partial charge is 0.486 e. The molecule has 0 fully saturated rings. The van der Waals surface area contributed by atoms with Gasteiger partial charge in [0.25, 0.3) is 0 Å². The van der Waals surface area contributed by atoms with Crippen molar-refractivity contribution in [2.75, 3.05) is 0 Å². The summed E-state index contributed by atoms with van der Waals surface area (Å²) in [5.41, 5.74) is 1.41. The van der Waals surface area contributed by atoms with Crippen molar-refractivity contribution in [2.45, 2.75) is 13.5 Å². The van der Waals surface area contributed by atoms with Gasteiger partial charge >= 0.3 is 0 Å². The number of nitrogens with zero attached hydrogens (tertiary/aromatic N) is 2. The van der Waals surface area contributed by atoms with Crippen molar-refractivity contribution in [2.24, 2.45) is 0 Å². The first-order valence-corrected chi connectivity index (χ1v) is 7.51. The van der Waals surface area contributed by atoms with Crippen LogP contribution >= 0.6 is 12.2 Å². The second-order valence-electron chi connectivity index (χ2n) is 4.99. The Hall–Kier alpha value is -2.73. The average Bonchev–Trinajstić information content (AvgIpc) is 2.95. The fourth-order valence-electron chi connectivity index (χ4n) is 2.22. The zero-order valence-corrected chi connectivity index (χ0v) is 13.3. The number of nitrogens with one attached hydrogen (secondary N) is 1. The van der Waals surface area contributed by atoms with Crippen molar-refractivity contribution in [1.29, 1.82) is 0 Å². The Balaban J connectivity index is 1.91. The van der Waals surface area contributed by atoms with E-state index in [9.17, 15) is 4.79 Å². The van der Waals surface area contributed by atoms with Crippen LogP contribution in [0.3, 0.4) is 0 Å². The molecule has 0 saturated heterocycles. The van der Waals surface area contributed by atoms with Crippen LogP contribution in [0.1, 0.15) is 23.1 Å². The van der Waals surface area contributed by atoms with Crippen molar-refractivity contribution in [3.05, 3.63) is 70.8 Å². The molecule has 0 spiro atoms. The summed E-state index contributed by atoms with van der Waals surface area (Å²) in [6.07, 6.45) is 0. The van der Waals surface area contributed by atoms with Gasteiger partial charge in [0.05, 0.1) is 5.69 Å². The number of carbonyl (C=O) groups is 1. The molecule has 2 aromatic carbocycles. The Kier molecular flexibility index (Phi) is 4.34. The summed E-state index contributed by atoms with van der Waals surface area (Å²) in [7, 11) is 0. The Bertz CT molecular complexity index is 884. The van der Waals surface area contributed by atoms with Crippen LogP contribution in [0, 0.1) is 4.77 Å². The van der Waals surface area contributed by atoms with Gasteiger partial charge < -0.3 is 4.74 Å². The third-order valence-electron chi connectivity index (χ3n) is 3.36. The lowest BCUT2D eigenvalue weighted by atomic mass is 10.1. The molecule has 0 atom stereocenters. The van der Waals surface area contributed by atoms with E-state index in [-0.39, 0.29) is 12.4 Å². The van der Waals surface area contributed by atoms with E-state index >= 15 is 0 Å². The maximum atomic E-state index is 11.6. The van der Waals surface area contributed by atoms with Crippen molar-refractivity contribution in [3.63, 3.8) is 0 Å². The lowest BCUT2D eigenvalue weighted by Crippen LogP contribution is -2.06. The molecule has 6 heteroatoms. The fourth-order valence-corrected chi connectivity index (χ4v) is 2.48. The van der Waals surface area contributed by atoms with Crippen LogP contribution in [0.25, 0.3) is 5.69 Å². The predicted molar refractivity (Wildman–Crippen MR) is 89.5 cm³/mol. The number of hydrogen-bond donors (Lipinski definition) is 1. The summed E-state index contributed by atoms with van der Waals surface area (Å²) in [6, 6.07) is 16.8. The van der Waals surface area contributed by atoms with Gasteiger partial charge in [-0.05, 0) is 43.4 Å². The van der Waals surface area contributed by atoms with Gasteiger partial charge in [0.1, 0.15) is 12.4 Å². The molecule has 3 rings (SSSR count). The first-order chi connectivity index (χ1) is 11.1. The quantitative estimate of drug-likeness (QED) is 0.574. The standard InChI is InChI=1S/C17H15N3O2S/c1-12(21)13-6-5-7-14(10-13)20-16(18-19-17(20)23)11-22-15-8-3-2-4-9-15/h2-10H,11H2,1H3,(H,19,23). The fraction of sp³-hybridized carbons (Fsp3) is 0.118. The Labute approximate surface area is 138 Å². The average molecular weight is 325 g/mol. The van der Waals surface area contributed by atoms with E-state index in [1.54, 1.807) is 16.7 Å². The molecule has 0 unspecified atom stereocenters. The normalized spacial score (nSPS) is 10.5. The van der Waals surface area contributed by atoms with Crippen molar-refractivity contribution < 1.29 is 9.53 Å². The highest BCUT2D eigenvalue weighted by Crippen LogP contribution is 2.16. The van der Waals surface area contributed by atoms with Gasteiger partial charge in [-0.15, -0.1) is 0 Å². The SMILES string of the molecule is CC(=O)c1cccc(-n2c(COc3ccccc3)n[nH]c2=S)c1. The first kappa shape index (κ1) is 15.2. The van der Waals surface area contributed by atoms with Crippen molar-refractivity contribution in [1.82, 2.24) is 14.8 Å². The second kappa shape index (κ2) is 6.58. The van der Waals surface area contributed by atoms with E-state index in [0.717, 1.165) is 11.4 Å². The number of para-hydroxylation sites is 1. The molecule has 23 heavy (non-hydrogen) atoms. The minimum absolute atomic E-state index is 0.00366. The highest BCUT2D eigenvalue weighted by atomic mass is 32.1. The Morgan fingerprint density at radius 3 is 2.74 bits per heavy atom. The molecule has 0 bridgehead atoms. The van der Waals surface area contributed by atoms with E-state index in [1.807, 2.05) is 42.5 Å². The molecule has 0 amide bonds. The maximum absolute atomic E-state index is 11.6. The number of ether oxygens (including phenoxy) is 1. The number of hydrogen-bond acceptors (Lipinski definition) is 4. The molecular weight excluding hydrogens is 310 g/mol. The lowest BCUT2D eigenvalue weighted by molar-refractivity contribution is 0.101. The number of carbonyl (C=O) groups excluding carboxylic acids is 1. The highest BCUT2D eigenvalue weighted by Gasteiger charge is 2.10. The monoisotopic (exact) mass is 325 g/mol. The topological polar surface area (TPSA) is 59.9 Å². The molecular formula is C17H15N3O2S. The number of aromatic amines is 1. The van der Waals surface area contributed by atoms with Crippen molar-refractivity contribution in [3.8, 4) is 11.4 Å². The molecule has 1 heterocycles. The van der Waals surface area contributed by atoms with E-state index in [4.69, 9.17) is 17.0 Å². The minimum atomic E-state index is 0.00366. The maximum Gasteiger partial charge on any atom is 0.199 e. The van der Waals surface area contributed by atoms with Crippen LogP contribution in [0.4, 0.5) is 0 Å². The summed E-state index contributed by atoms with van der Waals surface area (Å²) in [5.74, 6) is 1.40. The molecule has 0 aliphatic heterocycles. The Morgan fingerprint density at radius 2 is 2.00 bits per heavy atom. The summed E-state index contributed by atoms with van der Waals surface area (Å²) in [4.78, 5) is 11.6. The minimum Gasteiger partial charge on any atom is -0.486 e. The molecule has 1 aromatic heterocycles. The zero-order chi connectivity index (χ0) is 16.2. The van der Waals surface area contributed by atoms with Crippen LogP contribution in [0.15, 0.2) is 54.6 Å². The predicted octanol–water partition coefficient (Wildman–Crippen LogP) is 3.71. The van der Waals surface area contributed by atoms with Gasteiger partial charge in [-0.2, -0.15) is 5.10 Å². The summed E-state index contributed by atoms with van der Waals surface area (Å²) < 4.78 is 7.95. The third-order valence-corrected chi connectivity index (χ3v) is 3.64. The van der Waals surface area contributed by atoms with Gasteiger partial charge in [-0.25, -0.2) is 0 Å². The van der Waals surface area contributed by atoms with Crippen LogP contribution in [0.2, 0.25) is 0 Å². The van der Waals surface area contributed by atoms with Crippen LogP contribution < -0.4 is 4.74 Å². The molecule has 116 valence electrons. The smallest absolute Gasteiger partial charge is 0.199 e.